The Morgan fingerprint density at radius 3 is 2.62 bits per heavy atom. The molecular weight excluding hydrogens is 294 g/mol. The van der Waals surface area contributed by atoms with Crippen molar-refractivity contribution in [2.24, 2.45) is 0 Å². The van der Waals surface area contributed by atoms with Crippen molar-refractivity contribution in [3.8, 4) is 0 Å². The fraction of sp³-hybridized carbons (Fsp3) is 0.692. The minimum Gasteiger partial charge on any atom is -0.480 e. The highest BCUT2D eigenvalue weighted by Crippen LogP contribution is 2.37. The molecule has 0 bridgehead atoms. The molecule has 1 fully saturated rings. The van der Waals surface area contributed by atoms with Crippen molar-refractivity contribution < 1.29 is 18.3 Å². The van der Waals surface area contributed by atoms with Crippen LogP contribution in [0.25, 0.3) is 0 Å². The summed E-state index contributed by atoms with van der Waals surface area (Å²) in [5.74, 6) is -0.481. The van der Waals surface area contributed by atoms with E-state index in [-0.39, 0.29) is 18.0 Å². The average molecular weight is 315 g/mol. The summed E-state index contributed by atoms with van der Waals surface area (Å²) < 4.78 is 28.4. The van der Waals surface area contributed by atoms with E-state index in [9.17, 15) is 18.3 Å². The summed E-state index contributed by atoms with van der Waals surface area (Å²) in [6.45, 7) is 6.18. The largest absolute Gasteiger partial charge is 0.480 e. The van der Waals surface area contributed by atoms with Gasteiger partial charge in [0.25, 0.3) is 10.0 Å². The molecule has 0 spiro atoms. The molecule has 0 amide bonds. The first-order valence-corrected chi connectivity index (χ1v) is 8.53. The van der Waals surface area contributed by atoms with Gasteiger partial charge in [-0.15, -0.1) is 0 Å². The van der Waals surface area contributed by atoms with Gasteiger partial charge in [0.1, 0.15) is 11.4 Å². The molecule has 118 valence electrons. The van der Waals surface area contributed by atoms with Gasteiger partial charge in [-0.1, -0.05) is 6.92 Å². The molecule has 2 rings (SSSR count). The van der Waals surface area contributed by atoms with Crippen molar-refractivity contribution in [2.75, 3.05) is 6.54 Å². The number of carboxylic acids is 1. The molecule has 1 aliphatic heterocycles. The van der Waals surface area contributed by atoms with Crippen LogP contribution in [0, 0.1) is 6.92 Å². The average Bonchev–Trinajstić information content (AvgIpc) is 3.02. The maximum atomic E-state index is 12.8. The molecule has 8 heteroatoms. The quantitative estimate of drug-likeness (QED) is 0.882. The first-order valence-electron chi connectivity index (χ1n) is 7.09. The smallest absolute Gasteiger partial charge is 0.325 e. The fourth-order valence-corrected chi connectivity index (χ4v) is 4.82. The number of aliphatic carboxylic acids is 1. The van der Waals surface area contributed by atoms with Gasteiger partial charge in [-0.25, -0.2) is 13.4 Å². The van der Waals surface area contributed by atoms with Crippen molar-refractivity contribution in [3.63, 3.8) is 0 Å². The van der Waals surface area contributed by atoms with Crippen LogP contribution in [-0.2, 0) is 21.4 Å². The molecular formula is C13H21N3O4S. The first kappa shape index (κ1) is 16.0. The zero-order valence-corrected chi connectivity index (χ0v) is 13.4. The number of carbonyl (C=O) groups is 1. The summed E-state index contributed by atoms with van der Waals surface area (Å²) in [5, 5.41) is 9.45. The lowest BCUT2D eigenvalue weighted by Gasteiger charge is -2.32. The molecule has 2 heterocycles. The van der Waals surface area contributed by atoms with E-state index in [0.29, 0.717) is 25.2 Å². The Kier molecular flexibility index (Phi) is 4.12. The highest BCUT2D eigenvalue weighted by Gasteiger charge is 2.52. The van der Waals surface area contributed by atoms with Crippen LogP contribution < -0.4 is 0 Å². The van der Waals surface area contributed by atoms with Gasteiger partial charge in [-0.3, -0.25) is 4.79 Å². The molecule has 1 N–H and O–H groups in total. The number of sulfonamides is 1. The number of aromatic nitrogens is 2. The van der Waals surface area contributed by atoms with Crippen molar-refractivity contribution in [1.82, 2.24) is 13.9 Å². The Hall–Kier alpha value is -1.41. The zero-order valence-electron chi connectivity index (χ0n) is 12.5. The van der Waals surface area contributed by atoms with Crippen LogP contribution in [0.3, 0.4) is 0 Å². The summed E-state index contributed by atoms with van der Waals surface area (Å²) in [6.07, 6.45) is 2.61. The van der Waals surface area contributed by atoms with Gasteiger partial charge in [-0.2, -0.15) is 4.31 Å². The standard InChI is InChI=1S/C13H21N3O4S/c1-4-13(12(17)18)7-6-8-16(13)21(19,20)11-9-15(5-2)10(3)14-11/h9H,4-8H2,1-3H3,(H,17,18). The Morgan fingerprint density at radius 2 is 2.14 bits per heavy atom. The van der Waals surface area contributed by atoms with E-state index in [1.54, 1.807) is 18.4 Å². The van der Waals surface area contributed by atoms with Crippen molar-refractivity contribution >= 4 is 16.0 Å². The molecule has 7 nitrogen and oxygen atoms in total. The summed E-state index contributed by atoms with van der Waals surface area (Å²) in [7, 11) is -3.89. The summed E-state index contributed by atoms with van der Waals surface area (Å²) >= 11 is 0. The van der Waals surface area contributed by atoms with Gasteiger partial charge < -0.3 is 9.67 Å². The van der Waals surface area contributed by atoms with Crippen LogP contribution in [0.5, 0.6) is 0 Å². The maximum Gasteiger partial charge on any atom is 0.325 e. The zero-order chi connectivity index (χ0) is 15.8. The Morgan fingerprint density at radius 1 is 1.48 bits per heavy atom. The highest BCUT2D eigenvalue weighted by atomic mass is 32.2. The van der Waals surface area contributed by atoms with Gasteiger partial charge in [0.05, 0.1) is 0 Å². The Balaban J connectivity index is 2.49. The fourth-order valence-electron chi connectivity index (χ4n) is 2.96. The molecule has 0 aromatic carbocycles. The van der Waals surface area contributed by atoms with E-state index in [2.05, 4.69) is 4.98 Å². The number of rotatable bonds is 5. The van der Waals surface area contributed by atoms with E-state index in [1.807, 2.05) is 6.92 Å². The van der Waals surface area contributed by atoms with Gasteiger partial charge in [0, 0.05) is 19.3 Å². The summed E-state index contributed by atoms with van der Waals surface area (Å²) in [6, 6.07) is 0. The number of aryl methyl sites for hydroxylation is 2. The van der Waals surface area contributed by atoms with E-state index < -0.39 is 21.5 Å². The molecule has 1 aromatic rings. The van der Waals surface area contributed by atoms with Crippen LogP contribution in [-0.4, -0.2) is 45.4 Å². The van der Waals surface area contributed by atoms with Crippen molar-refractivity contribution in [2.45, 2.75) is 57.1 Å². The van der Waals surface area contributed by atoms with Crippen LogP contribution in [0.4, 0.5) is 0 Å². The first-order chi connectivity index (χ1) is 9.79. The van der Waals surface area contributed by atoms with E-state index in [1.165, 1.54) is 6.20 Å². The molecule has 1 aromatic heterocycles. The minimum absolute atomic E-state index is 0.0668. The van der Waals surface area contributed by atoms with E-state index >= 15 is 0 Å². The van der Waals surface area contributed by atoms with Gasteiger partial charge in [0.2, 0.25) is 0 Å². The van der Waals surface area contributed by atoms with Gasteiger partial charge in [0.15, 0.2) is 5.03 Å². The molecule has 21 heavy (non-hydrogen) atoms. The predicted octanol–water partition coefficient (Wildman–Crippen LogP) is 1.23. The van der Waals surface area contributed by atoms with Gasteiger partial charge >= 0.3 is 5.97 Å². The Labute approximate surface area is 124 Å². The lowest BCUT2D eigenvalue weighted by atomic mass is 9.95. The van der Waals surface area contributed by atoms with Crippen LogP contribution in [0.2, 0.25) is 0 Å². The number of nitrogens with zero attached hydrogens (tertiary/aromatic N) is 3. The van der Waals surface area contributed by atoms with Crippen molar-refractivity contribution in [1.29, 1.82) is 0 Å². The number of carboxylic acid groups (broad SMARTS) is 1. The highest BCUT2D eigenvalue weighted by molar-refractivity contribution is 7.89. The van der Waals surface area contributed by atoms with Crippen LogP contribution in [0.1, 0.15) is 38.9 Å². The second kappa shape index (κ2) is 5.42. The lowest BCUT2D eigenvalue weighted by Crippen LogP contribution is -2.52. The topological polar surface area (TPSA) is 92.5 Å². The molecule has 1 atom stereocenters. The molecule has 0 aliphatic carbocycles. The van der Waals surface area contributed by atoms with E-state index in [4.69, 9.17) is 0 Å². The molecule has 1 aliphatic rings. The second-order valence-corrected chi connectivity index (χ2v) is 7.09. The molecule has 0 radical (unpaired) electrons. The lowest BCUT2D eigenvalue weighted by molar-refractivity contribution is -0.147. The third kappa shape index (κ3) is 2.36. The maximum absolute atomic E-state index is 12.8. The normalized spacial score (nSPS) is 23.6. The van der Waals surface area contributed by atoms with Crippen LogP contribution >= 0.6 is 0 Å². The molecule has 0 saturated carbocycles. The predicted molar refractivity (Wildman–Crippen MR) is 76.4 cm³/mol. The third-order valence-corrected chi connectivity index (χ3v) is 6.10. The summed E-state index contributed by atoms with van der Waals surface area (Å²) in [4.78, 5) is 15.7. The third-order valence-electron chi connectivity index (χ3n) is 4.26. The van der Waals surface area contributed by atoms with Crippen LogP contribution in [0.15, 0.2) is 11.2 Å². The summed E-state index contributed by atoms with van der Waals surface area (Å²) in [5.41, 5.74) is -1.34. The monoisotopic (exact) mass is 315 g/mol. The number of imidazole rings is 1. The number of hydrogen-bond donors (Lipinski definition) is 1. The number of hydrogen-bond acceptors (Lipinski definition) is 4. The molecule has 1 saturated heterocycles. The minimum atomic E-state index is -3.89. The van der Waals surface area contributed by atoms with Gasteiger partial charge in [-0.05, 0) is 33.1 Å². The molecule has 1 unspecified atom stereocenters. The Bertz CT molecular complexity index is 652. The SMILES string of the molecule is CCn1cc(S(=O)(=O)N2CCCC2(CC)C(=O)O)nc1C. The van der Waals surface area contributed by atoms with Crippen molar-refractivity contribution in [3.05, 3.63) is 12.0 Å². The second-order valence-electron chi connectivity index (χ2n) is 5.28. The van der Waals surface area contributed by atoms with E-state index in [0.717, 1.165) is 4.31 Å².